The van der Waals surface area contributed by atoms with Gasteiger partial charge < -0.3 is 10.6 Å². The Balaban J connectivity index is 1.51. The lowest BCUT2D eigenvalue weighted by atomic mass is 10.1. The first-order valence-electron chi connectivity index (χ1n) is 8.67. The molecule has 0 aliphatic heterocycles. The molecule has 27 heavy (non-hydrogen) atoms. The lowest BCUT2D eigenvalue weighted by Gasteiger charge is -2.07. The zero-order chi connectivity index (χ0) is 18.9. The Kier molecular flexibility index (Phi) is 6.15. The van der Waals surface area contributed by atoms with Gasteiger partial charge >= 0.3 is 0 Å². The van der Waals surface area contributed by atoms with E-state index in [1.165, 1.54) is 6.08 Å². The Hall–Kier alpha value is -3.66. The molecule has 2 N–H and O–H groups in total. The normalized spacial score (nSPS) is 10.5. The molecular weight excluding hydrogens is 336 g/mol. The Morgan fingerprint density at radius 3 is 1.89 bits per heavy atom. The van der Waals surface area contributed by atoms with Gasteiger partial charge in [0.1, 0.15) is 0 Å². The average molecular weight is 356 g/mol. The molecule has 0 aliphatic rings. The summed E-state index contributed by atoms with van der Waals surface area (Å²) in [5.41, 5.74) is 3.28. The summed E-state index contributed by atoms with van der Waals surface area (Å²) in [7, 11) is 0. The molecular formula is C23H20N2O2. The lowest BCUT2D eigenvalue weighted by molar-refractivity contribution is -0.115. The lowest BCUT2D eigenvalue weighted by Crippen LogP contribution is -2.14. The van der Waals surface area contributed by atoms with E-state index in [-0.39, 0.29) is 11.8 Å². The molecule has 4 nitrogen and oxygen atoms in total. The van der Waals surface area contributed by atoms with Crippen LogP contribution >= 0.6 is 0 Å². The van der Waals surface area contributed by atoms with Gasteiger partial charge in [-0.05, 0) is 41.5 Å². The molecule has 0 saturated heterocycles. The standard InChI is InChI=1S/C23H20N2O2/c26-22(16-11-18-7-3-1-4-8-18)24-20-12-14-21(15-13-20)25-23(27)17-19-9-5-2-6-10-19/h1-16H,17H2,(H,24,26)(H,25,27)/b16-11+. The van der Waals surface area contributed by atoms with Gasteiger partial charge in [0.15, 0.2) is 0 Å². The summed E-state index contributed by atoms with van der Waals surface area (Å²) in [4.78, 5) is 24.1. The average Bonchev–Trinajstić information content (AvgIpc) is 2.69. The number of hydrogen-bond acceptors (Lipinski definition) is 2. The van der Waals surface area contributed by atoms with Gasteiger partial charge in [-0.1, -0.05) is 60.7 Å². The topological polar surface area (TPSA) is 58.2 Å². The number of nitrogens with one attached hydrogen (secondary N) is 2. The van der Waals surface area contributed by atoms with Crippen LogP contribution in [0.1, 0.15) is 11.1 Å². The van der Waals surface area contributed by atoms with Gasteiger partial charge in [-0.3, -0.25) is 9.59 Å². The Morgan fingerprint density at radius 1 is 0.704 bits per heavy atom. The van der Waals surface area contributed by atoms with Gasteiger partial charge in [0.25, 0.3) is 0 Å². The zero-order valence-electron chi connectivity index (χ0n) is 14.8. The molecule has 3 aromatic carbocycles. The van der Waals surface area contributed by atoms with Crippen LogP contribution < -0.4 is 10.6 Å². The first-order valence-corrected chi connectivity index (χ1v) is 8.67. The maximum Gasteiger partial charge on any atom is 0.248 e. The van der Waals surface area contributed by atoms with E-state index in [4.69, 9.17) is 0 Å². The van der Waals surface area contributed by atoms with Crippen molar-refractivity contribution in [3.8, 4) is 0 Å². The molecule has 0 atom stereocenters. The molecule has 0 saturated carbocycles. The van der Waals surface area contributed by atoms with E-state index >= 15 is 0 Å². The quantitative estimate of drug-likeness (QED) is 0.638. The third kappa shape index (κ3) is 5.97. The van der Waals surface area contributed by atoms with Crippen LogP contribution in [-0.2, 0) is 16.0 Å². The molecule has 4 heteroatoms. The first-order chi connectivity index (χ1) is 13.2. The van der Waals surface area contributed by atoms with E-state index < -0.39 is 0 Å². The largest absolute Gasteiger partial charge is 0.326 e. The van der Waals surface area contributed by atoms with Crippen molar-refractivity contribution in [2.24, 2.45) is 0 Å². The molecule has 0 aromatic heterocycles. The molecule has 134 valence electrons. The minimum atomic E-state index is -0.209. The van der Waals surface area contributed by atoms with Gasteiger partial charge in [-0.15, -0.1) is 0 Å². The fraction of sp³-hybridized carbons (Fsp3) is 0.0435. The van der Waals surface area contributed by atoms with Gasteiger partial charge in [0, 0.05) is 17.5 Å². The van der Waals surface area contributed by atoms with Crippen LogP contribution in [0.4, 0.5) is 11.4 Å². The number of hydrogen-bond donors (Lipinski definition) is 2. The summed E-state index contributed by atoms with van der Waals surface area (Å²) in [5.74, 6) is -0.288. The van der Waals surface area contributed by atoms with Gasteiger partial charge in [0.2, 0.25) is 11.8 Å². The number of rotatable bonds is 6. The van der Waals surface area contributed by atoms with Gasteiger partial charge in [-0.2, -0.15) is 0 Å². The second kappa shape index (κ2) is 9.15. The molecule has 0 aliphatic carbocycles. The van der Waals surface area contributed by atoms with Crippen molar-refractivity contribution in [1.29, 1.82) is 0 Å². The second-order valence-corrected chi connectivity index (χ2v) is 6.02. The summed E-state index contributed by atoms with van der Waals surface area (Å²) >= 11 is 0. The van der Waals surface area contributed by atoms with Crippen molar-refractivity contribution in [3.63, 3.8) is 0 Å². The number of anilines is 2. The molecule has 3 rings (SSSR count). The Morgan fingerprint density at radius 2 is 1.26 bits per heavy atom. The van der Waals surface area contributed by atoms with E-state index in [2.05, 4.69) is 10.6 Å². The highest BCUT2D eigenvalue weighted by molar-refractivity contribution is 6.02. The highest BCUT2D eigenvalue weighted by atomic mass is 16.2. The van der Waals surface area contributed by atoms with Crippen LogP contribution in [0.5, 0.6) is 0 Å². The molecule has 0 bridgehead atoms. The molecule has 0 heterocycles. The van der Waals surface area contributed by atoms with Gasteiger partial charge in [-0.25, -0.2) is 0 Å². The van der Waals surface area contributed by atoms with Crippen molar-refractivity contribution in [2.75, 3.05) is 10.6 Å². The fourth-order valence-corrected chi connectivity index (χ4v) is 2.54. The number of benzene rings is 3. The maximum atomic E-state index is 12.1. The summed E-state index contributed by atoms with van der Waals surface area (Å²) in [6, 6.07) is 26.2. The van der Waals surface area contributed by atoms with Crippen molar-refractivity contribution in [2.45, 2.75) is 6.42 Å². The van der Waals surface area contributed by atoms with E-state index in [1.807, 2.05) is 60.7 Å². The molecule has 0 spiro atoms. The predicted molar refractivity (Wildman–Crippen MR) is 109 cm³/mol. The summed E-state index contributed by atoms with van der Waals surface area (Å²) in [5, 5.41) is 5.65. The highest BCUT2D eigenvalue weighted by Gasteiger charge is 2.04. The van der Waals surface area contributed by atoms with Crippen LogP contribution in [0, 0.1) is 0 Å². The van der Waals surface area contributed by atoms with E-state index in [1.54, 1.807) is 30.3 Å². The SMILES string of the molecule is O=C(/C=C/c1ccccc1)Nc1ccc(NC(=O)Cc2ccccc2)cc1. The first kappa shape index (κ1) is 18.1. The molecule has 0 radical (unpaired) electrons. The third-order valence-electron chi connectivity index (χ3n) is 3.87. The Labute approximate surface area is 158 Å². The monoisotopic (exact) mass is 356 g/mol. The van der Waals surface area contributed by atoms with Crippen LogP contribution in [0.3, 0.4) is 0 Å². The minimum Gasteiger partial charge on any atom is -0.326 e. The van der Waals surface area contributed by atoms with Crippen molar-refractivity contribution in [3.05, 3.63) is 102 Å². The highest BCUT2D eigenvalue weighted by Crippen LogP contribution is 2.14. The van der Waals surface area contributed by atoms with Crippen molar-refractivity contribution < 1.29 is 9.59 Å². The van der Waals surface area contributed by atoms with Crippen LogP contribution in [0.15, 0.2) is 91.0 Å². The van der Waals surface area contributed by atoms with Crippen molar-refractivity contribution in [1.82, 2.24) is 0 Å². The summed E-state index contributed by atoms with van der Waals surface area (Å²) < 4.78 is 0. The zero-order valence-corrected chi connectivity index (χ0v) is 14.8. The third-order valence-corrected chi connectivity index (χ3v) is 3.87. The summed E-state index contributed by atoms with van der Waals surface area (Å²) in [6.45, 7) is 0. The predicted octanol–water partition coefficient (Wildman–Crippen LogP) is 4.52. The van der Waals surface area contributed by atoms with Crippen LogP contribution in [0.25, 0.3) is 6.08 Å². The van der Waals surface area contributed by atoms with E-state index in [0.717, 1.165) is 11.1 Å². The fourth-order valence-electron chi connectivity index (χ4n) is 2.54. The Bertz CT molecular complexity index is 918. The van der Waals surface area contributed by atoms with Crippen LogP contribution in [-0.4, -0.2) is 11.8 Å². The minimum absolute atomic E-state index is 0.0798. The summed E-state index contributed by atoms with van der Waals surface area (Å²) in [6.07, 6.45) is 3.57. The maximum absolute atomic E-state index is 12.1. The number of carbonyl (C=O) groups excluding carboxylic acids is 2. The van der Waals surface area contributed by atoms with Crippen molar-refractivity contribution >= 4 is 29.3 Å². The van der Waals surface area contributed by atoms with E-state index in [0.29, 0.717) is 17.8 Å². The van der Waals surface area contributed by atoms with Crippen LogP contribution in [0.2, 0.25) is 0 Å². The second-order valence-electron chi connectivity index (χ2n) is 6.02. The number of carbonyl (C=O) groups is 2. The number of amides is 2. The van der Waals surface area contributed by atoms with Gasteiger partial charge in [0.05, 0.1) is 6.42 Å². The molecule has 0 fully saturated rings. The molecule has 0 unspecified atom stereocenters. The van der Waals surface area contributed by atoms with E-state index in [9.17, 15) is 9.59 Å². The molecule has 3 aromatic rings. The smallest absolute Gasteiger partial charge is 0.248 e. The molecule has 2 amide bonds.